The zero-order chi connectivity index (χ0) is 11.5. The van der Waals surface area contributed by atoms with Crippen LogP contribution >= 0.6 is 0 Å². The van der Waals surface area contributed by atoms with Crippen LogP contribution in [0.5, 0.6) is 0 Å². The molecule has 3 nitrogen and oxygen atoms in total. The number of aromatic nitrogens is 1. The molecule has 0 aliphatic heterocycles. The minimum atomic E-state index is -0.516. The van der Waals surface area contributed by atoms with Crippen LogP contribution in [0.2, 0.25) is 0 Å². The Hall–Kier alpha value is -2.23. The van der Waals surface area contributed by atoms with E-state index in [1.165, 1.54) is 18.3 Å². The molecule has 0 fully saturated rings. The molecule has 0 saturated carbocycles. The van der Waals surface area contributed by atoms with Gasteiger partial charge in [0.25, 0.3) is 0 Å². The predicted octanol–water partition coefficient (Wildman–Crippen LogP) is 1.99. The molecule has 2 rings (SSSR count). The van der Waals surface area contributed by atoms with Gasteiger partial charge in [-0.3, -0.25) is 9.78 Å². The molecule has 0 radical (unpaired) electrons. The summed E-state index contributed by atoms with van der Waals surface area (Å²) < 4.78 is 12.7. The maximum absolute atomic E-state index is 12.7. The quantitative estimate of drug-likeness (QED) is 0.834. The van der Waals surface area contributed by atoms with E-state index in [1.807, 2.05) is 0 Å². The normalized spacial score (nSPS) is 10.1. The lowest BCUT2D eigenvalue weighted by Crippen LogP contribution is -2.10. The molecule has 2 aromatic rings. The number of amides is 1. The van der Waals surface area contributed by atoms with E-state index in [4.69, 9.17) is 5.73 Å². The highest BCUT2D eigenvalue weighted by atomic mass is 19.1. The molecule has 0 unspecified atom stereocenters. The monoisotopic (exact) mass is 216 g/mol. The number of primary amides is 1. The molecule has 0 spiro atoms. The van der Waals surface area contributed by atoms with E-state index in [2.05, 4.69) is 4.98 Å². The van der Waals surface area contributed by atoms with Gasteiger partial charge in [-0.05, 0) is 36.4 Å². The molecule has 1 aromatic carbocycles. The Morgan fingerprint density at radius 1 is 1.12 bits per heavy atom. The molecule has 0 aliphatic rings. The minimum absolute atomic E-state index is 0.294. The van der Waals surface area contributed by atoms with Crippen molar-refractivity contribution in [3.63, 3.8) is 0 Å². The van der Waals surface area contributed by atoms with E-state index in [-0.39, 0.29) is 5.82 Å². The Morgan fingerprint density at radius 2 is 1.81 bits per heavy atom. The van der Waals surface area contributed by atoms with E-state index in [9.17, 15) is 9.18 Å². The van der Waals surface area contributed by atoms with E-state index in [0.717, 1.165) is 5.56 Å². The number of nitrogens with two attached hydrogens (primary N) is 1. The van der Waals surface area contributed by atoms with Gasteiger partial charge >= 0.3 is 0 Å². The number of halogens is 1. The minimum Gasteiger partial charge on any atom is -0.366 e. The van der Waals surface area contributed by atoms with Crippen molar-refractivity contribution in [2.45, 2.75) is 0 Å². The highest BCUT2D eigenvalue weighted by Gasteiger charge is 2.02. The van der Waals surface area contributed by atoms with Gasteiger partial charge in [-0.2, -0.15) is 0 Å². The second kappa shape index (κ2) is 4.10. The summed E-state index contributed by atoms with van der Waals surface area (Å²) in [7, 11) is 0. The largest absolute Gasteiger partial charge is 0.366 e. The maximum atomic E-state index is 12.7. The number of rotatable bonds is 2. The summed E-state index contributed by atoms with van der Waals surface area (Å²) in [6, 6.07) is 9.24. The second-order valence-electron chi connectivity index (χ2n) is 3.30. The molecule has 0 atom stereocenters. The third-order valence-electron chi connectivity index (χ3n) is 2.19. The molecule has 16 heavy (non-hydrogen) atoms. The number of hydrogen-bond donors (Lipinski definition) is 1. The molecular weight excluding hydrogens is 207 g/mol. The van der Waals surface area contributed by atoms with Crippen LogP contribution in [0.1, 0.15) is 10.4 Å². The summed E-state index contributed by atoms with van der Waals surface area (Å²) in [6.45, 7) is 0. The van der Waals surface area contributed by atoms with Gasteiger partial charge in [0, 0.05) is 11.8 Å². The van der Waals surface area contributed by atoms with Gasteiger partial charge in [0.2, 0.25) is 5.91 Å². The lowest BCUT2D eigenvalue weighted by Gasteiger charge is -2.01. The van der Waals surface area contributed by atoms with E-state index >= 15 is 0 Å². The fourth-order valence-corrected chi connectivity index (χ4v) is 1.33. The van der Waals surface area contributed by atoms with Gasteiger partial charge in [0.1, 0.15) is 5.82 Å². The Kier molecular flexibility index (Phi) is 2.64. The third-order valence-corrected chi connectivity index (χ3v) is 2.19. The van der Waals surface area contributed by atoms with Crippen LogP contribution in [0, 0.1) is 5.82 Å². The average Bonchev–Trinajstić information content (AvgIpc) is 2.30. The lowest BCUT2D eigenvalue weighted by atomic mass is 10.1. The summed E-state index contributed by atoms with van der Waals surface area (Å²) in [5.74, 6) is -0.810. The highest BCUT2D eigenvalue weighted by molar-refractivity contribution is 5.92. The smallest absolute Gasteiger partial charge is 0.250 e. The number of carbonyl (C=O) groups is 1. The zero-order valence-electron chi connectivity index (χ0n) is 8.35. The van der Waals surface area contributed by atoms with Crippen molar-refractivity contribution in [2.24, 2.45) is 5.73 Å². The van der Waals surface area contributed by atoms with Gasteiger partial charge in [-0.15, -0.1) is 0 Å². The number of pyridine rings is 1. The summed E-state index contributed by atoms with van der Waals surface area (Å²) in [5.41, 5.74) is 6.91. The van der Waals surface area contributed by atoms with Crippen molar-refractivity contribution >= 4 is 5.91 Å². The fraction of sp³-hybridized carbons (Fsp3) is 0. The van der Waals surface area contributed by atoms with Crippen LogP contribution < -0.4 is 5.73 Å². The van der Waals surface area contributed by atoms with Gasteiger partial charge < -0.3 is 5.73 Å². The molecule has 0 bridgehead atoms. The van der Waals surface area contributed by atoms with Crippen LogP contribution in [-0.4, -0.2) is 10.9 Å². The van der Waals surface area contributed by atoms with Crippen molar-refractivity contribution in [2.75, 3.05) is 0 Å². The first-order valence-electron chi connectivity index (χ1n) is 4.68. The first kappa shape index (κ1) is 10.3. The van der Waals surface area contributed by atoms with Crippen LogP contribution in [0.4, 0.5) is 4.39 Å². The van der Waals surface area contributed by atoms with Crippen LogP contribution in [0.25, 0.3) is 11.3 Å². The first-order valence-corrected chi connectivity index (χ1v) is 4.68. The summed E-state index contributed by atoms with van der Waals surface area (Å²) >= 11 is 0. The molecular formula is C12H9FN2O. The summed E-state index contributed by atoms with van der Waals surface area (Å²) in [4.78, 5) is 14.9. The van der Waals surface area contributed by atoms with Gasteiger partial charge in [0.05, 0.1) is 11.3 Å². The molecule has 4 heteroatoms. The number of hydrogen-bond acceptors (Lipinski definition) is 2. The summed E-state index contributed by atoms with van der Waals surface area (Å²) in [5, 5.41) is 0. The Labute approximate surface area is 91.7 Å². The Balaban J connectivity index is 2.34. The van der Waals surface area contributed by atoms with Gasteiger partial charge in [-0.1, -0.05) is 0 Å². The maximum Gasteiger partial charge on any atom is 0.250 e. The van der Waals surface area contributed by atoms with E-state index in [1.54, 1.807) is 24.3 Å². The Morgan fingerprint density at radius 3 is 2.31 bits per heavy atom. The SMILES string of the molecule is NC(=O)c1ccc(-c2ccc(F)cc2)nc1. The first-order chi connectivity index (χ1) is 7.66. The topological polar surface area (TPSA) is 56.0 Å². The second-order valence-corrected chi connectivity index (χ2v) is 3.30. The molecule has 2 N–H and O–H groups in total. The van der Waals surface area contributed by atoms with E-state index < -0.39 is 5.91 Å². The van der Waals surface area contributed by atoms with Gasteiger partial charge in [-0.25, -0.2) is 4.39 Å². The number of carbonyl (C=O) groups excluding carboxylic acids is 1. The van der Waals surface area contributed by atoms with Crippen LogP contribution in [0.3, 0.4) is 0 Å². The third kappa shape index (κ3) is 2.06. The van der Waals surface area contributed by atoms with Crippen molar-refractivity contribution in [1.29, 1.82) is 0 Å². The van der Waals surface area contributed by atoms with Crippen molar-refractivity contribution in [3.05, 3.63) is 54.0 Å². The number of benzene rings is 1. The molecule has 80 valence electrons. The molecule has 1 aromatic heterocycles. The average molecular weight is 216 g/mol. The van der Waals surface area contributed by atoms with Crippen LogP contribution in [-0.2, 0) is 0 Å². The molecule has 0 aliphatic carbocycles. The van der Waals surface area contributed by atoms with Gasteiger partial charge in [0.15, 0.2) is 0 Å². The number of nitrogens with zero attached hydrogens (tertiary/aromatic N) is 1. The lowest BCUT2D eigenvalue weighted by molar-refractivity contribution is 0.1000. The van der Waals surface area contributed by atoms with Crippen molar-refractivity contribution < 1.29 is 9.18 Å². The fourth-order valence-electron chi connectivity index (χ4n) is 1.33. The van der Waals surface area contributed by atoms with Crippen molar-refractivity contribution in [3.8, 4) is 11.3 Å². The molecule has 1 heterocycles. The highest BCUT2D eigenvalue weighted by Crippen LogP contribution is 2.17. The van der Waals surface area contributed by atoms with Crippen molar-refractivity contribution in [1.82, 2.24) is 4.98 Å². The van der Waals surface area contributed by atoms with Crippen LogP contribution in [0.15, 0.2) is 42.6 Å². The Bertz CT molecular complexity index is 506. The molecule has 1 amide bonds. The standard InChI is InChI=1S/C12H9FN2O/c13-10-4-1-8(2-5-10)11-6-3-9(7-15-11)12(14)16/h1-7H,(H2,14,16). The zero-order valence-corrected chi connectivity index (χ0v) is 8.35. The predicted molar refractivity (Wildman–Crippen MR) is 58.1 cm³/mol. The summed E-state index contributed by atoms with van der Waals surface area (Å²) in [6.07, 6.45) is 1.40. The molecule has 0 saturated heterocycles. The van der Waals surface area contributed by atoms with E-state index in [0.29, 0.717) is 11.3 Å².